The molecule has 1 unspecified atom stereocenters. The highest BCUT2D eigenvalue weighted by Crippen LogP contribution is 2.44. The van der Waals surface area contributed by atoms with Gasteiger partial charge < -0.3 is 20.4 Å². The molecule has 3 N–H and O–H groups in total. The minimum atomic E-state index is -4.74. The minimum Gasteiger partial charge on any atom is -0.406 e. The number of aromatic nitrogens is 2. The van der Waals surface area contributed by atoms with Crippen molar-refractivity contribution in [2.75, 3.05) is 5.32 Å². The van der Waals surface area contributed by atoms with Crippen molar-refractivity contribution in [1.82, 2.24) is 9.55 Å². The summed E-state index contributed by atoms with van der Waals surface area (Å²) < 4.78 is 43.5. The van der Waals surface area contributed by atoms with E-state index in [-0.39, 0.29) is 17.2 Å². The molecule has 1 atom stereocenters. The third kappa shape index (κ3) is 4.91. The van der Waals surface area contributed by atoms with E-state index in [1.54, 1.807) is 6.07 Å². The van der Waals surface area contributed by atoms with Crippen molar-refractivity contribution in [3.05, 3.63) is 47.5 Å². The predicted octanol–water partition coefficient (Wildman–Crippen LogP) is 6.23. The van der Waals surface area contributed by atoms with Crippen LogP contribution in [0.4, 0.5) is 24.8 Å². The summed E-state index contributed by atoms with van der Waals surface area (Å²) in [5, 5.41) is 3.25. The number of carbonyl (C=O) groups is 1. The van der Waals surface area contributed by atoms with Gasteiger partial charge in [0.2, 0.25) is 11.9 Å². The Morgan fingerprint density at radius 1 is 1.21 bits per heavy atom. The van der Waals surface area contributed by atoms with Crippen LogP contribution in [0.25, 0.3) is 11.0 Å². The summed E-state index contributed by atoms with van der Waals surface area (Å²) in [6, 6.07) is 9.30. The third-order valence-electron chi connectivity index (χ3n) is 6.27. The van der Waals surface area contributed by atoms with Crippen LogP contribution >= 0.6 is 0 Å². The number of fused-ring (bicyclic) bond motifs is 1. The summed E-state index contributed by atoms with van der Waals surface area (Å²) in [5.41, 5.74) is 8.96. The maximum atomic E-state index is 12.5. The zero-order valence-electron chi connectivity index (χ0n) is 18.8. The first-order valence-corrected chi connectivity index (χ1v) is 10.9. The first-order chi connectivity index (χ1) is 15.4. The van der Waals surface area contributed by atoms with Crippen LogP contribution in [0, 0.1) is 12.3 Å². The fraction of sp³-hybridized carbons (Fsp3) is 0.417. The Kier molecular flexibility index (Phi) is 5.76. The molecule has 1 saturated carbocycles. The number of rotatable bonds is 5. The summed E-state index contributed by atoms with van der Waals surface area (Å²) in [7, 11) is 0. The second-order valence-electron chi connectivity index (χ2n) is 9.39. The fourth-order valence-electron chi connectivity index (χ4n) is 4.77. The summed E-state index contributed by atoms with van der Waals surface area (Å²) in [5.74, 6) is -0.239. The Hall–Kier alpha value is -3.23. The Balaban J connectivity index is 1.76. The van der Waals surface area contributed by atoms with E-state index in [2.05, 4.69) is 28.5 Å². The van der Waals surface area contributed by atoms with Crippen LogP contribution in [0.1, 0.15) is 61.5 Å². The van der Waals surface area contributed by atoms with Crippen molar-refractivity contribution in [3.8, 4) is 5.75 Å². The SMILES string of the molecule is Cc1c(C(N)=O)ccc2c1nc(Nc1ccc(OC(F)(F)F)cc1)n2C1CCCC(C)(C)C1. The number of amides is 1. The molecule has 4 rings (SSSR count). The number of ether oxygens (including phenoxy) is 1. The van der Waals surface area contributed by atoms with Gasteiger partial charge in [-0.3, -0.25) is 4.79 Å². The molecule has 6 nitrogen and oxygen atoms in total. The summed E-state index contributed by atoms with van der Waals surface area (Å²) in [4.78, 5) is 16.6. The molecule has 2 aromatic carbocycles. The first-order valence-electron chi connectivity index (χ1n) is 10.9. The third-order valence-corrected chi connectivity index (χ3v) is 6.27. The van der Waals surface area contributed by atoms with Crippen LogP contribution in [-0.2, 0) is 0 Å². The van der Waals surface area contributed by atoms with E-state index in [0.29, 0.717) is 28.3 Å². The largest absolute Gasteiger partial charge is 0.573 e. The van der Waals surface area contributed by atoms with Gasteiger partial charge in [0.25, 0.3) is 0 Å². The molecule has 9 heteroatoms. The number of anilines is 2. The lowest BCUT2D eigenvalue weighted by atomic mass is 9.75. The van der Waals surface area contributed by atoms with Gasteiger partial charge in [0.05, 0.1) is 11.0 Å². The lowest BCUT2D eigenvalue weighted by Gasteiger charge is -2.36. The van der Waals surface area contributed by atoms with Gasteiger partial charge in [-0.05, 0) is 73.6 Å². The molecule has 3 aromatic rings. The summed E-state index contributed by atoms with van der Waals surface area (Å²) >= 11 is 0. The van der Waals surface area contributed by atoms with Crippen molar-refractivity contribution in [2.45, 2.75) is 58.9 Å². The second kappa shape index (κ2) is 8.28. The number of halogens is 3. The lowest BCUT2D eigenvalue weighted by molar-refractivity contribution is -0.274. The maximum absolute atomic E-state index is 12.5. The number of carbonyl (C=O) groups excluding carboxylic acids is 1. The molecule has 1 heterocycles. The number of primary amides is 1. The average molecular weight is 461 g/mol. The van der Waals surface area contributed by atoms with Crippen molar-refractivity contribution < 1.29 is 22.7 Å². The van der Waals surface area contributed by atoms with Crippen LogP contribution in [0.15, 0.2) is 36.4 Å². The van der Waals surface area contributed by atoms with E-state index in [1.165, 1.54) is 24.3 Å². The Morgan fingerprint density at radius 2 is 1.91 bits per heavy atom. The van der Waals surface area contributed by atoms with Gasteiger partial charge in [-0.25, -0.2) is 4.98 Å². The van der Waals surface area contributed by atoms with E-state index < -0.39 is 12.3 Å². The van der Waals surface area contributed by atoms with Gasteiger partial charge in [-0.1, -0.05) is 20.3 Å². The number of hydrogen-bond donors (Lipinski definition) is 2. The molecule has 0 spiro atoms. The van der Waals surface area contributed by atoms with Gasteiger partial charge in [0.15, 0.2) is 0 Å². The van der Waals surface area contributed by atoms with Crippen LogP contribution in [0.3, 0.4) is 0 Å². The highest BCUT2D eigenvalue weighted by molar-refractivity contribution is 5.99. The van der Waals surface area contributed by atoms with Crippen molar-refractivity contribution in [3.63, 3.8) is 0 Å². The molecule has 1 aliphatic rings. The number of alkyl halides is 3. The Labute approximate surface area is 189 Å². The number of benzene rings is 2. The Morgan fingerprint density at radius 3 is 2.52 bits per heavy atom. The van der Waals surface area contributed by atoms with Gasteiger partial charge >= 0.3 is 6.36 Å². The molecule has 176 valence electrons. The monoisotopic (exact) mass is 460 g/mol. The molecule has 33 heavy (non-hydrogen) atoms. The standard InChI is InChI=1S/C24H27F3N4O2/c1-14-18(21(28)32)10-11-19-20(14)30-22(31(19)16-5-4-12-23(2,3)13-16)29-15-6-8-17(9-7-15)33-24(25,26)27/h6-11,16H,4-5,12-13H2,1-3H3,(H2,28,32)(H,29,30). The number of aryl methyl sites for hydroxylation is 1. The lowest BCUT2D eigenvalue weighted by Crippen LogP contribution is -2.25. The summed E-state index contributed by atoms with van der Waals surface area (Å²) in [6.45, 7) is 6.32. The molecule has 0 bridgehead atoms. The Bertz CT molecular complexity index is 1180. The van der Waals surface area contributed by atoms with Crippen LogP contribution in [0.5, 0.6) is 5.75 Å². The number of nitrogens with zero attached hydrogens (tertiary/aromatic N) is 2. The number of nitrogens with one attached hydrogen (secondary N) is 1. The molecule has 1 amide bonds. The molecule has 0 aliphatic heterocycles. The molecular formula is C24H27F3N4O2. The quantitative estimate of drug-likeness (QED) is 0.473. The van der Waals surface area contributed by atoms with E-state index in [0.717, 1.165) is 31.2 Å². The van der Waals surface area contributed by atoms with Gasteiger partial charge in [0.1, 0.15) is 5.75 Å². The fourth-order valence-corrected chi connectivity index (χ4v) is 4.77. The topological polar surface area (TPSA) is 82.2 Å². The zero-order valence-corrected chi connectivity index (χ0v) is 18.8. The van der Waals surface area contributed by atoms with E-state index in [4.69, 9.17) is 10.7 Å². The normalized spacial score (nSPS) is 18.3. The minimum absolute atomic E-state index is 0.176. The smallest absolute Gasteiger partial charge is 0.406 e. The highest BCUT2D eigenvalue weighted by Gasteiger charge is 2.32. The molecule has 1 aromatic heterocycles. The second-order valence-corrected chi connectivity index (χ2v) is 9.39. The average Bonchev–Trinajstić information content (AvgIpc) is 3.06. The van der Waals surface area contributed by atoms with Crippen molar-refractivity contribution in [1.29, 1.82) is 0 Å². The van der Waals surface area contributed by atoms with Crippen LogP contribution in [-0.4, -0.2) is 21.8 Å². The number of nitrogens with two attached hydrogens (primary N) is 1. The van der Waals surface area contributed by atoms with Gasteiger partial charge in [-0.15, -0.1) is 13.2 Å². The predicted molar refractivity (Wildman–Crippen MR) is 121 cm³/mol. The van der Waals surface area contributed by atoms with Crippen LogP contribution in [0.2, 0.25) is 0 Å². The maximum Gasteiger partial charge on any atom is 0.573 e. The van der Waals surface area contributed by atoms with E-state index in [1.807, 2.05) is 13.0 Å². The molecule has 0 radical (unpaired) electrons. The molecular weight excluding hydrogens is 433 g/mol. The van der Waals surface area contributed by atoms with Gasteiger partial charge in [0, 0.05) is 17.3 Å². The van der Waals surface area contributed by atoms with E-state index >= 15 is 0 Å². The summed E-state index contributed by atoms with van der Waals surface area (Å²) in [6.07, 6.45) is -0.573. The molecule has 1 aliphatic carbocycles. The number of imidazole rings is 1. The van der Waals surface area contributed by atoms with Gasteiger partial charge in [-0.2, -0.15) is 0 Å². The van der Waals surface area contributed by atoms with Crippen molar-refractivity contribution in [2.24, 2.45) is 11.1 Å². The van der Waals surface area contributed by atoms with Crippen LogP contribution < -0.4 is 15.8 Å². The van der Waals surface area contributed by atoms with Crippen molar-refractivity contribution >= 4 is 28.6 Å². The first kappa shape index (κ1) is 22.9. The molecule has 1 fully saturated rings. The number of hydrogen-bond acceptors (Lipinski definition) is 4. The zero-order chi connectivity index (χ0) is 24.0. The van der Waals surface area contributed by atoms with E-state index in [9.17, 15) is 18.0 Å². The molecule has 0 saturated heterocycles. The highest BCUT2D eigenvalue weighted by atomic mass is 19.4.